The maximum Gasteiger partial charge on any atom is 0.410 e. The van der Waals surface area contributed by atoms with E-state index in [0.29, 0.717) is 26.1 Å². The van der Waals surface area contributed by atoms with Gasteiger partial charge in [0.1, 0.15) is 17.2 Å². The Morgan fingerprint density at radius 2 is 1.55 bits per heavy atom. The van der Waals surface area contributed by atoms with E-state index in [2.05, 4.69) is 0 Å². The van der Waals surface area contributed by atoms with Crippen LogP contribution >= 0.6 is 0 Å². The number of piperidine rings is 1. The van der Waals surface area contributed by atoms with Crippen molar-refractivity contribution < 1.29 is 23.9 Å². The molecule has 29 heavy (non-hydrogen) atoms. The maximum absolute atomic E-state index is 13.6. The molecule has 2 aliphatic heterocycles. The molecule has 2 heterocycles. The van der Waals surface area contributed by atoms with Crippen LogP contribution in [0.15, 0.2) is 0 Å². The third kappa shape index (κ3) is 5.64. The van der Waals surface area contributed by atoms with E-state index < -0.39 is 22.7 Å². The van der Waals surface area contributed by atoms with Crippen LogP contribution in [0.25, 0.3) is 0 Å². The molecule has 0 aromatic carbocycles. The van der Waals surface area contributed by atoms with E-state index >= 15 is 0 Å². The number of hydrogen-bond acceptors (Lipinski definition) is 5. The summed E-state index contributed by atoms with van der Waals surface area (Å²) in [6.07, 6.45) is 1.74. The van der Waals surface area contributed by atoms with Crippen molar-refractivity contribution in [3.05, 3.63) is 0 Å². The molecule has 0 bridgehead atoms. The van der Waals surface area contributed by atoms with Gasteiger partial charge in [0, 0.05) is 19.6 Å². The Hall–Kier alpha value is -1.79. The Balaban J connectivity index is 2.18. The van der Waals surface area contributed by atoms with E-state index in [9.17, 15) is 14.4 Å². The van der Waals surface area contributed by atoms with Gasteiger partial charge in [-0.1, -0.05) is 13.8 Å². The molecule has 2 saturated heterocycles. The van der Waals surface area contributed by atoms with Crippen LogP contribution in [0.4, 0.5) is 4.79 Å². The molecular weight excluding hydrogens is 372 g/mol. The Morgan fingerprint density at radius 3 is 2.07 bits per heavy atom. The quantitative estimate of drug-likeness (QED) is 0.665. The van der Waals surface area contributed by atoms with Crippen molar-refractivity contribution in [2.24, 2.45) is 11.3 Å². The molecular formula is C22H38N2O5. The van der Waals surface area contributed by atoms with Crippen molar-refractivity contribution in [3.63, 3.8) is 0 Å². The molecule has 0 saturated carbocycles. The Morgan fingerprint density at radius 1 is 0.966 bits per heavy atom. The van der Waals surface area contributed by atoms with Gasteiger partial charge in [0.2, 0.25) is 5.91 Å². The van der Waals surface area contributed by atoms with Crippen LogP contribution in [-0.4, -0.2) is 64.6 Å². The Bertz CT molecular complexity index is 647. The number of esters is 1. The summed E-state index contributed by atoms with van der Waals surface area (Å²) in [5.41, 5.74) is -1.82. The minimum atomic E-state index is -0.635. The lowest BCUT2D eigenvalue weighted by Gasteiger charge is -2.43. The molecule has 2 rings (SSSR count). The van der Waals surface area contributed by atoms with Crippen LogP contribution in [0.3, 0.4) is 0 Å². The van der Waals surface area contributed by atoms with E-state index in [-0.39, 0.29) is 23.9 Å². The zero-order valence-corrected chi connectivity index (χ0v) is 19.3. The summed E-state index contributed by atoms with van der Waals surface area (Å²) in [5, 5.41) is 0. The molecule has 2 fully saturated rings. The number of amides is 2. The Labute approximate surface area is 175 Å². The highest BCUT2D eigenvalue weighted by Crippen LogP contribution is 2.41. The summed E-state index contributed by atoms with van der Waals surface area (Å²) in [6, 6.07) is -0.616. The van der Waals surface area contributed by atoms with Gasteiger partial charge in [-0.25, -0.2) is 9.59 Å². The summed E-state index contributed by atoms with van der Waals surface area (Å²) in [4.78, 5) is 42.2. The van der Waals surface area contributed by atoms with Crippen molar-refractivity contribution in [2.75, 3.05) is 19.6 Å². The van der Waals surface area contributed by atoms with Crippen LogP contribution < -0.4 is 0 Å². The molecule has 7 nitrogen and oxygen atoms in total. The third-order valence-electron chi connectivity index (χ3n) is 5.39. The first kappa shape index (κ1) is 23.5. The van der Waals surface area contributed by atoms with E-state index in [0.717, 1.165) is 12.8 Å². The SMILES string of the molecule is CC(C)[C@@H](C(=O)OC(C)(C)C)N1CCCC2(CCN(C(=O)OC(C)(C)C)C2)C1=O. The zero-order valence-electron chi connectivity index (χ0n) is 19.3. The highest BCUT2D eigenvalue weighted by molar-refractivity contribution is 5.90. The Kier molecular flexibility index (Phi) is 6.60. The number of ether oxygens (including phenoxy) is 2. The second kappa shape index (κ2) is 8.15. The van der Waals surface area contributed by atoms with Gasteiger partial charge < -0.3 is 19.3 Å². The second-order valence-corrected chi connectivity index (χ2v) is 10.8. The lowest BCUT2D eigenvalue weighted by Crippen LogP contribution is -2.58. The van der Waals surface area contributed by atoms with Gasteiger partial charge in [-0.3, -0.25) is 4.79 Å². The number of nitrogens with zero attached hydrogens (tertiary/aromatic N) is 2. The number of rotatable bonds is 3. The van der Waals surface area contributed by atoms with Crippen molar-refractivity contribution in [1.29, 1.82) is 0 Å². The third-order valence-corrected chi connectivity index (χ3v) is 5.39. The molecule has 166 valence electrons. The van der Waals surface area contributed by atoms with E-state index in [1.165, 1.54) is 0 Å². The summed E-state index contributed by atoms with van der Waals surface area (Å²) in [6.45, 7) is 16.2. The van der Waals surface area contributed by atoms with Crippen molar-refractivity contribution >= 4 is 18.0 Å². The molecule has 0 radical (unpaired) electrons. The minimum Gasteiger partial charge on any atom is -0.458 e. The number of likely N-dealkylation sites (tertiary alicyclic amines) is 2. The number of carbonyl (C=O) groups is 3. The predicted molar refractivity (Wildman–Crippen MR) is 110 cm³/mol. The van der Waals surface area contributed by atoms with Crippen LogP contribution in [0.1, 0.15) is 74.7 Å². The molecule has 2 aliphatic rings. The first-order chi connectivity index (χ1) is 13.2. The van der Waals surface area contributed by atoms with Crippen LogP contribution in [0.5, 0.6) is 0 Å². The van der Waals surface area contributed by atoms with Crippen molar-refractivity contribution in [1.82, 2.24) is 9.80 Å². The van der Waals surface area contributed by atoms with Gasteiger partial charge in [0.05, 0.1) is 5.41 Å². The van der Waals surface area contributed by atoms with Crippen molar-refractivity contribution in [2.45, 2.75) is 91.9 Å². The molecule has 0 aliphatic carbocycles. The van der Waals surface area contributed by atoms with E-state index in [4.69, 9.17) is 9.47 Å². The average Bonchev–Trinajstić information content (AvgIpc) is 2.93. The number of carbonyl (C=O) groups excluding carboxylic acids is 3. The largest absolute Gasteiger partial charge is 0.458 e. The second-order valence-electron chi connectivity index (χ2n) is 10.8. The van der Waals surface area contributed by atoms with Crippen LogP contribution in [0, 0.1) is 11.3 Å². The molecule has 0 N–H and O–H groups in total. The maximum atomic E-state index is 13.6. The average molecular weight is 411 g/mol. The summed E-state index contributed by atoms with van der Waals surface area (Å²) in [7, 11) is 0. The lowest BCUT2D eigenvalue weighted by atomic mass is 9.77. The van der Waals surface area contributed by atoms with E-state index in [1.54, 1.807) is 9.80 Å². The lowest BCUT2D eigenvalue weighted by molar-refractivity contribution is -0.171. The summed E-state index contributed by atoms with van der Waals surface area (Å²) in [5.74, 6) is -0.466. The fraction of sp³-hybridized carbons (Fsp3) is 0.864. The number of hydrogen-bond donors (Lipinski definition) is 0. The molecule has 2 amide bonds. The summed E-state index contributed by atoms with van der Waals surface area (Å²) < 4.78 is 11.1. The normalized spacial score (nSPS) is 24.2. The molecule has 2 atom stereocenters. The molecule has 1 spiro atoms. The molecule has 7 heteroatoms. The van der Waals surface area contributed by atoms with Gasteiger partial charge in [-0.2, -0.15) is 0 Å². The molecule has 0 aromatic heterocycles. The first-order valence-corrected chi connectivity index (χ1v) is 10.7. The predicted octanol–water partition coefficient (Wildman–Crippen LogP) is 3.60. The monoisotopic (exact) mass is 410 g/mol. The topological polar surface area (TPSA) is 76.2 Å². The minimum absolute atomic E-state index is 0.0423. The van der Waals surface area contributed by atoms with E-state index in [1.807, 2.05) is 55.4 Å². The van der Waals surface area contributed by atoms with Gasteiger partial charge in [0.25, 0.3) is 0 Å². The molecule has 0 aromatic rings. The van der Waals surface area contributed by atoms with Gasteiger partial charge in [-0.05, 0) is 66.7 Å². The fourth-order valence-corrected chi connectivity index (χ4v) is 4.22. The zero-order chi connectivity index (χ0) is 22.2. The van der Waals surface area contributed by atoms with Crippen molar-refractivity contribution in [3.8, 4) is 0 Å². The van der Waals surface area contributed by atoms with Gasteiger partial charge >= 0.3 is 12.1 Å². The summed E-state index contributed by atoms with van der Waals surface area (Å²) >= 11 is 0. The van der Waals surface area contributed by atoms with Gasteiger partial charge in [0.15, 0.2) is 0 Å². The van der Waals surface area contributed by atoms with Gasteiger partial charge in [-0.15, -0.1) is 0 Å². The molecule has 1 unspecified atom stereocenters. The fourth-order valence-electron chi connectivity index (χ4n) is 4.22. The van der Waals surface area contributed by atoms with Crippen LogP contribution in [-0.2, 0) is 19.1 Å². The first-order valence-electron chi connectivity index (χ1n) is 10.7. The van der Waals surface area contributed by atoms with Crippen LogP contribution in [0.2, 0.25) is 0 Å². The standard InChI is InChI=1S/C22H38N2O5/c1-15(2)16(17(25)28-20(3,4)5)24-12-9-10-22(18(24)26)11-13-23(14-22)19(27)29-21(6,7)8/h15-16H,9-14H2,1-8H3/t16-,22?/m0/s1. The highest BCUT2D eigenvalue weighted by Gasteiger charge is 2.52. The smallest absolute Gasteiger partial charge is 0.410 e. The highest BCUT2D eigenvalue weighted by atomic mass is 16.6.